The van der Waals surface area contributed by atoms with E-state index in [1.54, 1.807) is 0 Å². The fourth-order valence-corrected chi connectivity index (χ4v) is 3.32. The molecule has 1 aromatic carbocycles. The Bertz CT molecular complexity index is 587. The normalized spacial score (nSPS) is 17.0. The Kier molecular flexibility index (Phi) is 2.88. The molecule has 1 aliphatic heterocycles. The van der Waals surface area contributed by atoms with Gasteiger partial charge in [-0.25, -0.2) is 0 Å². The lowest BCUT2D eigenvalue weighted by molar-refractivity contribution is 1.09. The summed E-state index contributed by atoms with van der Waals surface area (Å²) < 4.78 is 0. The molecule has 90 valence electrons. The highest BCUT2D eigenvalue weighted by molar-refractivity contribution is 6.66. The fourth-order valence-electron chi connectivity index (χ4n) is 2.49. The van der Waals surface area contributed by atoms with Gasteiger partial charge in [0, 0.05) is 26.3 Å². The highest BCUT2D eigenvalue weighted by Gasteiger charge is 2.23. The predicted octanol–water partition coefficient (Wildman–Crippen LogP) is 3.40. The van der Waals surface area contributed by atoms with Gasteiger partial charge in [0.25, 0.3) is 0 Å². The lowest BCUT2D eigenvalue weighted by atomic mass is 10.2. The monoisotopic (exact) mass is 251 g/mol. The molecule has 1 aliphatic carbocycles. The van der Waals surface area contributed by atoms with Crippen LogP contribution in [0.3, 0.4) is 0 Å². The van der Waals surface area contributed by atoms with Crippen LogP contribution in [-0.2, 0) is 0 Å². The van der Waals surface area contributed by atoms with Gasteiger partial charge in [-0.2, -0.15) is 0 Å². The minimum atomic E-state index is -0.313. The third kappa shape index (κ3) is 2.04. The molecule has 1 heterocycles. The van der Waals surface area contributed by atoms with Crippen LogP contribution in [0.2, 0.25) is 13.1 Å². The molecule has 0 amide bonds. The van der Waals surface area contributed by atoms with Crippen LogP contribution >= 0.6 is 0 Å². The molecule has 0 atom stereocenters. The summed E-state index contributed by atoms with van der Waals surface area (Å²) in [5.41, 5.74) is 7.82. The van der Waals surface area contributed by atoms with E-state index in [2.05, 4.69) is 72.2 Å². The Balaban J connectivity index is 1.92. The Labute approximate surface area is 110 Å². The van der Waals surface area contributed by atoms with Gasteiger partial charge in [0.1, 0.15) is 0 Å². The van der Waals surface area contributed by atoms with Crippen molar-refractivity contribution < 1.29 is 0 Å². The molecule has 0 unspecified atom stereocenters. The first kappa shape index (κ1) is 11.4. The average molecular weight is 251 g/mol. The Hall–Kier alpha value is -1.67. The maximum Gasteiger partial charge on any atom is 0.0490 e. The number of hydrogen-bond donors (Lipinski definition) is 0. The summed E-state index contributed by atoms with van der Waals surface area (Å²) in [5, 5.41) is 0. The third-order valence-corrected chi connectivity index (χ3v) is 4.14. The molecule has 0 aromatic heterocycles. The van der Waals surface area contributed by atoms with Crippen molar-refractivity contribution in [2.24, 2.45) is 0 Å². The van der Waals surface area contributed by atoms with E-state index >= 15 is 0 Å². The number of anilines is 1. The maximum absolute atomic E-state index is 2.42. The highest BCUT2D eigenvalue weighted by atomic mass is 28.2. The van der Waals surface area contributed by atoms with Crippen LogP contribution in [-0.4, -0.2) is 20.6 Å². The van der Waals surface area contributed by atoms with Gasteiger partial charge in [-0.15, -0.1) is 0 Å². The van der Waals surface area contributed by atoms with Crippen molar-refractivity contribution >= 4 is 19.8 Å². The smallest absolute Gasteiger partial charge is 0.0490 e. The van der Waals surface area contributed by atoms with Crippen molar-refractivity contribution in [3.05, 3.63) is 65.4 Å². The van der Waals surface area contributed by atoms with Crippen molar-refractivity contribution in [3.8, 4) is 0 Å². The first-order valence-corrected chi connectivity index (χ1v) is 8.93. The second-order valence-corrected chi connectivity index (χ2v) is 7.44. The van der Waals surface area contributed by atoms with Crippen LogP contribution in [0, 0.1) is 0 Å². The summed E-state index contributed by atoms with van der Waals surface area (Å²) in [6, 6.07) is 10.6. The van der Waals surface area contributed by atoms with Crippen LogP contribution in [0.15, 0.2) is 65.4 Å². The van der Waals surface area contributed by atoms with Crippen LogP contribution in [0.25, 0.3) is 0 Å². The molecule has 0 spiro atoms. The molecule has 0 bridgehead atoms. The van der Waals surface area contributed by atoms with Crippen LogP contribution in [0.5, 0.6) is 0 Å². The van der Waals surface area contributed by atoms with E-state index in [1.807, 2.05) is 0 Å². The SMILES string of the molecule is C[Si](C)=CC1=CC2=CCN(c3ccccc3)C2=C1. The van der Waals surface area contributed by atoms with Gasteiger partial charge in [-0.05, 0) is 35.4 Å². The fraction of sp³-hybridized carbons (Fsp3) is 0.188. The first-order valence-electron chi connectivity index (χ1n) is 6.35. The molecule has 2 aliphatic rings. The largest absolute Gasteiger partial charge is 0.337 e. The van der Waals surface area contributed by atoms with E-state index < -0.39 is 0 Å². The molecule has 0 fully saturated rings. The quantitative estimate of drug-likeness (QED) is 0.728. The summed E-state index contributed by atoms with van der Waals surface area (Å²) in [4.78, 5) is 2.38. The second kappa shape index (κ2) is 4.54. The number of fused-ring (bicyclic) bond motifs is 1. The number of rotatable bonds is 2. The van der Waals surface area contributed by atoms with Crippen molar-refractivity contribution in [3.63, 3.8) is 0 Å². The first-order chi connectivity index (χ1) is 8.74. The zero-order chi connectivity index (χ0) is 12.5. The summed E-state index contributed by atoms with van der Waals surface area (Å²) >= 11 is 0. The van der Waals surface area contributed by atoms with Gasteiger partial charge < -0.3 is 4.90 Å². The van der Waals surface area contributed by atoms with E-state index in [0.717, 1.165) is 6.54 Å². The zero-order valence-electron chi connectivity index (χ0n) is 10.9. The molecule has 0 radical (unpaired) electrons. The number of hydrogen-bond acceptors (Lipinski definition) is 1. The number of benzene rings is 1. The molecular formula is C16H17NSi. The van der Waals surface area contributed by atoms with Gasteiger partial charge >= 0.3 is 0 Å². The van der Waals surface area contributed by atoms with E-state index in [4.69, 9.17) is 0 Å². The van der Waals surface area contributed by atoms with Crippen LogP contribution in [0.1, 0.15) is 0 Å². The van der Waals surface area contributed by atoms with E-state index in [0.29, 0.717) is 0 Å². The minimum Gasteiger partial charge on any atom is -0.337 e. The van der Waals surface area contributed by atoms with Gasteiger partial charge in [-0.3, -0.25) is 0 Å². The Morgan fingerprint density at radius 2 is 1.89 bits per heavy atom. The summed E-state index contributed by atoms with van der Waals surface area (Å²) in [5.74, 6) is 0. The topological polar surface area (TPSA) is 3.24 Å². The van der Waals surface area contributed by atoms with Crippen LogP contribution < -0.4 is 4.90 Å². The van der Waals surface area contributed by atoms with Crippen molar-refractivity contribution in [2.75, 3.05) is 11.4 Å². The third-order valence-electron chi connectivity index (χ3n) is 3.23. The molecule has 0 saturated heterocycles. The van der Waals surface area contributed by atoms with Crippen LogP contribution in [0.4, 0.5) is 5.69 Å². The molecule has 0 saturated carbocycles. The maximum atomic E-state index is 2.42. The average Bonchev–Trinajstić information content (AvgIpc) is 2.88. The predicted molar refractivity (Wildman–Crippen MR) is 81.6 cm³/mol. The highest BCUT2D eigenvalue weighted by Crippen LogP contribution is 2.34. The second-order valence-electron chi connectivity index (χ2n) is 5.00. The van der Waals surface area contributed by atoms with Crippen molar-refractivity contribution in [2.45, 2.75) is 13.1 Å². The Morgan fingerprint density at radius 3 is 2.61 bits per heavy atom. The molecule has 1 nitrogen and oxygen atoms in total. The minimum absolute atomic E-state index is 0.313. The number of para-hydroxylation sites is 1. The van der Waals surface area contributed by atoms with Gasteiger partial charge in [0.05, 0.1) is 0 Å². The van der Waals surface area contributed by atoms with E-state index in [9.17, 15) is 0 Å². The molecular weight excluding hydrogens is 234 g/mol. The lowest BCUT2D eigenvalue weighted by Gasteiger charge is -2.20. The van der Waals surface area contributed by atoms with Gasteiger partial charge in [0.2, 0.25) is 0 Å². The van der Waals surface area contributed by atoms with E-state index in [1.165, 1.54) is 22.5 Å². The standard InChI is InChI=1S/C16H17NSi/c1-18(2)12-13-10-14-8-9-17(16(14)11-13)15-6-4-3-5-7-15/h3-8,10-12H,9H2,1-2H3. The molecule has 1 aromatic rings. The summed E-state index contributed by atoms with van der Waals surface area (Å²) in [6.45, 7) is 5.63. The van der Waals surface area contributed by atoms with Crippen molar-refractivity contribution in [1.29, 1.82) is 0 Å². The van der Waals surface area contributed by atoms with Crippen molar-refractivity contribution in [1.82, 2.24) is 0 Å². The molecule has 18 heavy (non-hydrogen) atoms. The van der Waals surface area contributed by atoms with Gasteiger partial charge in [-0.1, -0.05) is 43.0 Å². The zero-order valence-corrected chi connectivity index (χ0v) is 11.9. The van der Waals surface area contributed by atoms with Gasteiger partial charge in [0.15, 0.2) is 0 Å². The molecule has 0 N–H and O–H groups in total. The summed E-state index contributed by atoms with van der Waals surface area (Å²) in [6.07, 6.45) is 6.96. The summed E-state index contributed by atoms with van der Waals surface area (Å²) in [7, 11) is -0.313. The number of allylic oxidation sites excluding steroid dienone is 3. The lowest BCUT2D eigenvalue weighted by Crippen LogP contribution is -2.17. The molecule has 3 rings (SSSR count). The molecule has 2 heteroatoms. The Morgan fingerprint density at radius 1 is 1.11 bits per heavy atom. The number of nitrogens with zero attached hydrogens (tertiary/aromatic N) is 1. The van der Waals surface area contributed by atoms with E-state index in [-0.39, 0.29) is 8.41 Å².